The van der Waals surface area contributed by atoms with Crippen molar-refractivity contribution < 1.29 is 13.6 Å². The van der Waals surface area contributed by atoms with Gasteiger partial charge in [-0.2, -0.15) is 0 Å². The van der Waals surface area contributed by atoms with E-state index in [1.165, 1.54) is 19.3 Å². The lowest BCUT2D eigenvalue weighted by Crippen LogP contribution is -2.42. The van der Waals surface area contributed by atoms with Gasteiger partial charge in [0.25, 0.3) is 5.92 Å². The minimum Gasteiger partial charge on any atom is -0.350 e. The van der Waals surface area contributed by atoms with Gasteiger partial charge in [-0.25, -0.2) is 8.78 Å². The number of alkyl halides is 2. The predicted molar refractivity (Wildman–Crippen MR) is 67.4 cm³/mol. The molecule has 0 aliphatic heterocycles. The fraction of sp³-hybridized carbons (Fsp3) is 0.923. The minimum atomic E-state index is -3.00. The highest BCUT2D eigenvalue weighted by Gasteiger charge is 2.28. The number of carbonyl (C=O) groups is 1. The molecule has 0 aromatic rings. The summed E-state index contributed by atoms with van der Waals surface area (Å²) in [6, 6.07) is 0. The number of rotatable bonds is 6. The third-order valence-corrected chi connectivity index (χ3v) is 3.80. The van der Waals surface area contributed by atoms with E-state index in [9.17, 15) is 13.6 Å². The molecule has 3 nitrogen and oxygen atoms in total. The highest BCUT2D eigenvalue weighted by atomic mass is 19.3. The Labute approximate surface area is 107 Å². The highest BCUT2D eigenvalue weighted by molar-refractivity contribution is 5.76. The van der Waals surface area contributed by atoms with Crippen molar-refractivity contribution in [3.05, 3.63) is 0 Å². The largest absolute Gasteiger partial charge is 0.350 e. The molecule has 1 aliphatic rings. The molecule has 0 spiro atoms. The molecule has 1 rings (SSSR count). The smallest absolute Gasteiger partial charge is 0.277 e. The van der Waals surface area contributed by atoms with Crippen LogP contribution in [0.1, 0.15) is 45.4 Å². The van der Waals surface area contributed by atoms with Gasteiger partial charge in [0.15, 0.2) is 0 Å². The third kappa shape index (κ3) is 5.29. The van der Waals surface area contributed by atoms with Gasteiger partial charge in [-0.1, -0.05) is 39.0 Å². The number of amides is 1. The summed E-state index contributed by atoms with van der Waals surface area (Å²) in [5, 5.41) is 2.27. The molecule has 18 heavy (non-hydrogen) atoms. The fourth-order valence-electron chi connectivity index (χ4n) is 2.53. The van der Waals surface area contributed by atoms with Crippen LogP contribution in [-0.2, 0) is 4.79 Å². The Kier molecular flexibility index (Phi) is 5.99. The van der Waals surface area contributed by atoms with E-state index in [1.54, 1.807) is 0 Å². The van der Waals surface area contributed by atoms with Crippen molar-refractivity contribution in [2.45, 2.75) is 51.4 Å². The summed E-state index contributed by atoms with van der Waals surface area (Å²) in [4.78, 5) is 11.6. The first-order valence-corrected chi connectivity index (χ1v) is 6.79. The van der Waals surface area contributed by atoms with Gasteiger partial charge in [-0.15, -0.1) is 0 Å². The molecule has 106 valence electrons. The first-order chi connectivity index (χ1) is 8.44. The lowest BCUT2D eigenvalue weighted by atomic mass is 9.79. The zero-order valence-electron chi connectivity index (χ0n) is 11.1. The van der Waals surface area contributed by atoms with Gasteiger partial charge in [-0.05, 0) is 11.8 Å². The standard InChI is InChI=1S/C13H24F2N2O/c1-10(11-5-3-2-4-6-11)7-12(18)17-9-13(14,15)8-16/h10-11H,2-9,16H2,1H3,(H,17,18). The molecule has 0 aromatic heterocycles. The van der Waals surface area contributed by atoms with Gasteiger partial charge in [0.1, 0.15) is 0 Å². The van der Waals surface area contributed by atoms with E-state index >= 15 is 0 Å². The molecular weight excluding hydrogens is 238 g/mol. The zero-order chi connectivity index (χ0) is 13.6. The molecule has 0 aromatic carbocycles. The molecule has 1 atom stereocenters. The van der Waals surface area contributed by atoms with Crippen molar-refractivity contribution in [2.24, 2.45) is 17.6 Å². The number of hydrogen-bond acceptors (Lipinski definition) is 2. The van der Waals surface area contributed by atoms with E-state index in [1.807, 2.05) is 6.92 Å². The van der Waals surface area contributed by atoms with E-state index < -0.39 is 19.0 Å². The molecule has 1 saturated carbocycles. The fourth-order valence-corrected chi connectivity index (χ4v) is 2.53. The Morgan fingerprint density at radius 3 is 2.56 bits per heavy atom. The average Bonchev–Trinajstić information content (AvgIpc) is 2.37. The SMILES string of the molecule is CC(CC(=O)NCC(F)(F)CN)C1CCCCC1. The second kappa shape index (κ2) is 7.02. The van der Waals surface area contributed by atoms with Gasteiger partial charge in [0.05, 0.1) is 13.1 Å². The van der Waals surface area contributed by atoms with E-state index in [0.29, 0.717) is 12.3 Å². The Morgan fingerprint density at radius 2 is 2.00 bits per heavy atom. The summed E-state index contributed by atoms with van der Waals surface area (Å²) in [5.74, 6) is -2.44. The molecule has 1 amide bonds. The van der Waals surface area contributed by atoms with E-state index in [2.05, 4.69) is 5.32 Å². The summed E-state index contributed by atoms with van der Waals surface area (Å²) in [7, 11) is 0. The second-order valence-electron chi connectivity index (χ2n) is 5.42. The van der Waals surface area contributed by atoms with Gasteiger partial charge in [0.2, 0.25) is 5.91 Å². The van der Waals surface area contributed by atoms with Crippen LogP contribution in [0, 0.1) is 11.8 Å². The first kappa shape index (κ1) is 15.3. The zero-order valence-corrected chi connectivity index (χ0v) is 11.1. The number of carbonyl (C=O) groups excluding carboxylic acids is 1. The summed E-state index contributed by atoms with van der Waals surface area (Å²) < 4.78 is 25.7. The van der Waals surface area contributed by atoms with Crippen LogP contribution in [0.3, 0.4) is 0 Å². The number of nitrogens with two attached hydrogens (primary N) is 1. The molecule has 0 radical (unpaired) electrons. The Bertz CT molecular complexity index is 266. The van der Waals surface area contributed by atoms with Gasteiger partial charge in [-0.3, -0.25) is 4.79 Å². The predicted octanol–water partition coefficient (Wildman–Crippen LogP) is 2.30. The summed E-state index contributed by atoms with van der Waals surface area (Å²) >= 11 is 0. The molecule has 5 heteroatoms. The van der Waals surface area contributed by atoms with Crippen molar-refractivity contribution in [2.75, 3.05) is 13.1 Å². The van der Waals surface area contributed by atoms with Crippen LogP contribution >= 0.6 is 0 Å². The van der Waals surface area contributed by atoms with Crippen LogP contribution in [0.25, 0.3) is 0 Å². The Morgan fingerprint density at radius 1 is 1.39 bits per heavy atom. The van der Waals surface area contributed by atoms with Crippen molar-refractivity contribution >= 4 is 5.91 Å². The van der Waals surface area contributed by atoms with E-state index in [-0.39, 0.29) is 11.8 Å². The molecule has 0 bridgehead atoms. The van der Waals surface area contributed by atoms with Crippen molar-refractivity contribution in [1.82, 2.24) is 5.32 Å². The molecule has 1 unspecified atom stereocenters. The topological polar surface area (TPSA) is 55.1 Å². The average molecular weight is 262 g/mol. The van der Waals surface area contributed by atoms with Gasteiger partial charge in [0, 0.05) is 6.42 Å². The number of hydrogen-bond donors (Lipinski definition) is 2. The van der Waals surface area contributed by atoms with Crippen LogP contribution in [0.5, 0.6) is 0 Å². The first-order valence-electron chi connectivity index (χ1n) is 6.79. The van der Waals surface area contributed by atoms with E-state index in [4.69, 9.17) is 5.73 Å². The van der Waals surface area contributed by atoms with Crippen LogP contribution in [0.15, 0.2) is 0 Å². The van der Waals surface area contributed by atoms with Crippen molar-refractivity contribution in [3.8, 4) is 0 Å². The van der Waals surface area contributed by atoms with Crippen LogP contribution in [0.4, 0.5) is 8.78 Å². The Balaban J connectivity index is 2.26. The highest BCUT2D eigenvalue weighted by Crippen LogP contribution is 2.31. The maximum atomic E-state index is 12.9. The van der Waals surface area contributed by atoms with Crippen molar-refractivity contribution in [1.29, 1.82) is 0 Å². The lowest BCUT2D eigenvalue weighted by Gasteiger charge is -2.27. The summed E-state index contributed by atoms with van der Waals surface area (Å²) in [6.07, 6.45) is 6.38. The maximum absolute atomic E-state index is 12.9. The van der Waals surface area contributed by atoms with Crippen LogP contribution < -0.4 is 11.1 Å². The number of nitrogens with one attached hydrogen (secondary N) is 1. The number of halogens is 2. The Hall–Kier alpha value is -0.710. The molecule has 1 aliphatic carbocycles. The second-order valence-corrected chi connectivity index (χ2v) is 5.42. The monoisotopic (exact) mass is 262 g/mol. The quantitative estimate of drug-likeness (QED) is 0.771. The minimum absolute atomic E-state index is 0.275. The molecular formula is C13H24F2N2O. The lowest BCUT2D eigenvalue weighted by molar-refractivity contribution is -0.124. The molecule has 0 heterocycles. The molecule has 0 saturated heterocycles. The van der Waals surface area contributed by atoms with Crippen molar-refractivity contribution in [3.63, 3.8) is 0 Å². The molecule has 1 fully saturated rings. The normalized spacial score (nSPS) is 19.6. The molecule has 3 N–H and O–H groups in total. The maximum Gasteiger partial charge on any atom is 0.277 e. The summed E-state index contributed by atoms with van der Waals surface area (Å²) in [6.45, 7) is 0.655. The van der Waals surface area contributed by atoms with Crippen LogP contribution in [-0.4, -0.2) is 24.9 Å². The summed E-state index contributed by atoms with van der Waals surface area (Å²) in [5.41, 5.74) is 4.91. The van der Waals surface area contributed by atoms with Crippen LogP contribution in [0.2, 0.25) is 0 Å². The third-order valence-electron chi connectivity index (χ3n) is 3.80. The van der Waals surface area contributed by atoms with E-state index in [0.717, 1.165) is 12.8 Å². The van der Waals surface area contributed by atoms with Gasteiger partial charge >= 0.3 is 0 Å². The van der Waals surface area contributed by atoms with Gasteiger partial charge < -0.3 is 11.1 Å².